The van der Waals surface area contributed by atoms with Crippen LogP contribution < -0.4 is 14.8 Å². The Hall–Kier alpha value is -1.91. The van der Waals surface area contributed by atoms with E-state index in [0.29, 0.717) is 18.8 Å². The van der Waals surface area contributed by atoms with Gasteiger partial charge in [0, 0.05) is 13.1 Å². The van der Waals surface area contributed by atoms with Crippen LogP contribution in [0.2, 0.25) is 0 Å². The van der Waals surface area contributed by atoms with Gasteiger partial charge in [-0.05, 0) is 49.9 Å². The van der Waals surface area contributed by atoms with Gasteiger partial charge in [0.05, 0.1) is 20.3 Å². The lowest BCUT2D eigenvalue weighted by molar-refractivity contribution is 0.199. The summed E-state index contributed by atoms with van der Waals surface area (Å²) < 4.78 is 10.7. The van der Waals surface area contributed by atoms with Gasteiger partial charge in [-0.2, -0.15) is 0 Å². The van der Waals surface area contributed by atoms with Gasteiger partial charge in [0.15, 0.2) is 11.5 Å². The van der Waals surface area contributed by atoms with Gasteiger partial charge < -0.3 is 19.7 Å². The Kier molecular flexibility index (Phi) is 4.94. The number of nitrogens with zero attached hydrogens (tertiary/aromatic N) is 1. The third kappa shape index (κ3) is 3.06. The first-order valence-electron chi connectivity index (χ1n) is 7.44. The molecule has 0 aliphatic heterocycles. The Bertz CT molecular complexity index is 512. The average molecular weight is 292 g/mol. The van der Waals surface area contributed by atoms with Crippen molar-refractivity contribution in [3.63, 3.8) is 0 Å². The SMILES string of the molecule is CCN(CC)C(=O)NC1CCc2cc(OC)c(OC)cc21. The highest BCUT2D eigenvalue weighted by Crippen LogP contribution is 2.39. The molecule has 0 spiro atoms. The molecule has 2 rings (SSSR count). The first-order chi connectivity index (χ1) is 10.1. The number of urea groups is 1. The van der Waals surface area contributed by atoms with Crippen LogP contribution in [0.4, 0.5) is 4.79 Å². The fourth-order valence-corrected chi connectivity index (χ4v) is 2.83. The molecule has 1 aromatic rings. The minimum Gasteiger partial charge on any atom is -0.493 e. The molecule has 1 N–H and O–H groups in total. The second-order valence-corrected chi connectivity index (χ2v) is 5.12. The molecule has 0 radical (unpaired) electrons. The zero-order chi connectivity index (χ0) is 15.4. The largest absolute Gasteiger partial charge is 0.493 e. The first-order valence-corrected chi connectivity index (χ1v) is 7.44. The molecule has 1 unspecified atom stereocenters. The molecule has 5 nitrogen and oxygen atoms in total. The summed E-state index contributed by atoms with van der Waals surface area (Å²) in [5.74, 6) is 1.45. The van der Waals surface area contributed by atoms with E-state index in [-0.39, 0.29) is 12.1 Å². The van der Waals surface area contributed by atoms with Crippen LogP contribution in [0.5, 0.6) is 11.5 Å². The van der Waals surface area contributed by atoms with Crippen LogP contribution in [-0.2, 0) is 6.42 Å². The van der Waals surface area contributed by atoms with Crippen LogP contribution in [0.25, 0.3) is 0 Å². The standard InChI is InChI=1S/C16H24N2O3/c1-5-18(6-2)16(19)17-13-8-7-11-9-14(20-3)15(21-4)10-12(11)13/h9-10,13H,5-8H2,1-4H3,(H,17,19). The van der Waals surface area contributed by atoms with Crippen molar-refractivity contribution in [2.75, 3.05) is 27.3 Å². The minimum absolute atomic E-state index is 0.00682. The van der Waals surface area contributed by atoms with Crippen LogP contribution in [0.15, 0.2) is 12.1 Å². The number of ether oxygens (including phenoxy) is 2. The normalized spacial score (nSPS) is 16.3. The maximum atomic E-state index is 12.2. The van der Waals surface area contributed by atoms with Gasteiger partial charge in [-0.1, -0.05) is 0 Å². The molecule has 1 atom stereocenters. The highest BCUT2D eigenvalue weighted by molar-refractivity contribution is 5.75. The van der Waals surface area contributed by atoms with Crippen LogP contribution in [0, 0.1) is 0 Å². The molecule has 2 amide bonds. The predicted molar refractivity (Wildman–Crippen MR) is 82.1 cm³/mol. The monoisotopic (exact) mass is 292 g/mol. The Morgan fingerprint density at radius 2 is 1.86 bits per heavy atom. The first kappa shape index (κ1) is 15.5. The number of fused-ring (bicyclic) bond motifs is 1. The van der Waals surface area contributed by atoms with Gasteiger partial charge in [-0.3, -0.25) is 0 Å². The third-order valence-electron chi connectivity index (χ3n) is 4.07. The van der Waals surface area contributed by atoms with Crippen molar-refractivity contribution in [1.82, 2.24) is 10.2 Å². The van der Waals surface area contributed by atoms with Gasteiger partial charge in [-0.15, -0.1) is 0 Å². The summed E-state index contributed by atoms with van der Waals surface area (Å²) in [4.78, 5) is 14.0. The number of carbonyl (C=O) groups is 1. The Labute approximate surface area is 126 Å². The molecule has 1 aliphatic rings. The van der Waals surface area contributed by atoms with E-state index >= 15 is 0 Å². The number of hydrogen-bond donors (Lipinski definition) is 1. The van der Waals surface area contributed by atoms with Gasteiger partial charge in [0.25, 0.3) is 0 Å². The molecule has 0 aromatic heterocycles. The third-order valence-corrected chi connectivity index (χ3v) is 4.07. The van der Waals surface area contributed by atoms with Gasteiger partial charge in [0.2, 0.25) is 0 Å². The number of nitrogens with one attached hydrogen (secondary N) is 1. The van der Waals surface area contributed by atoms with E-state index in [4.69, 9.17) is 9.47 Å². The summed E-state index contributed by atoms with van der Waals surface area (Å²) in [6, 6.07) is 4.03. The highest BCUT2D eigenvalue weighted by Gasteiger charge is 2.27. The molecule has 0 heterocycles. The predicted octanol–water partition coefficient (Wildman–Crippen LogP) is 2.74. The summed E-state index contributed by atoms with van der Waals surface area (Å²) in [6.07, 6.45) is 1.86. The van der Waals surface area contributed by atoms with Gasteiger partial charge >= 0.3 is 6.03 Å². The summed E-state index contributed by atoms with van der Waals surface area (Å²) in [5.41, 5.74) is 2.35. The zero-order valence-corrected chi connectivity index (χ0v) is 13.2. The maximum Gasteiger partial charge on any atom is 0.317 e. The topological polar surface area (TPSA) is 50.8 Å². The molecule has 0 saturated heterocycles. The fraction of sp³-hybridized carbons (Fsp3) is 0.562. The fourth-order valence-electron chi connectivity index (χ4n) is 2.83. The Morgan fingerprint density at radius 3 is 2.43 bits per heavy atom. The van der Waals surface area contributed by atoms with E-state index in [1.807, 2.05) is 26.0 Å². The van der Waals surface area contributed by atoms with Crippen molar-refractivity contribution in [3.8, 4) is 11.5 Å². The number of methoxy groups -OCH3 is 2. The second kappa shape index (κ2) is 6.70. The van der Waals surface area contributed by atoms with E-state index in [9.17, 15) is 4.79 Å². The number of benzene rings is 1. The number of hydrogen-bond acceptors (Lipinski definition) is 3. The number of amides is 2. The van der Waals surface area contributed by atoms with Crippen molar-refractivity contribution < 1.29 is 14.3 Å². The molecule has 5 heteroatoms. The molecule has 1 aliphatic carbocycles. The van der Waals surface area contributed by atoms with Crippen LogP contribution in [0.1, 0.15) is 37.4 Å². The molecule has 21 heavy (non-hydrogen) atoms. The number of rotatable bonds is 5. The highest BCUT2D eigenvalue weighted by atomic mass is 16.5. The lowest BCUT2D eigenvalue weighted by atomic mass is 10.1. The van der Waals surface area contributed by atoms with Crippen molar-refractivity contribution in [2.45, 2.75) is 32.7 Å². The smallest absolute Gasteiger partial charge is 0.317 e. The quantitative estimate of drug-likeness (QED) is 0.908. The van der Waals surface area contributed by atoms with Crippen molar-refractivity contribution in [3.05, 3.63) is 23.3 Å². The summed E-state index contributed by atoms with van der Waals surface area (Å²) in [6.45, 7) is 5.40. The van der Waals surface area contributed by atoms with E-state index in [0.717, 1.165) is 24.2 Å². The van der Waals surface area contributed by atoms with Crippen molar-refractivity contribution in [1.29, 1.82) is 0 Å². The lowest BCUT2D eigenvalue weighted by Crippen LogP contribution is -2.40. The Morgan fingerprint density at radius 1 is 1.24 bits per heavy atom. The second-order valence-electron chi connectivity index (χ2n) is 5.12. The molecular weight excluding hydrogens is 268 g/mol. The number of aryl methyl sites for hydroxylation is 1. The molecule has 0 fully saturated rings. The molecule has 1 aromatic carbocycles. The van der Waals surface area contributed by atoms with E-state index < -0.39 is 0 Å². The van der Waals surface area contributed by atoms with Crippen LogP contribution in [-0.4, -0.2) is 38.2 Å². The van der Waals surface area contributed by atoms with Crippen molar-refractivity contribution in [2.24, 2.45) is 0 Å². The Balaban J connectivity index is 2.19. The van der Waals surface area contributed by atoms with Crippen molar-refractivity contribution >= 4 is 6.03 Å². The summed E-state index contributed by atoms with van der Waals surface area (Å²) in [7, 11) is 3.27. The molecule has 0 bridgehead atoms. The van der Waals surface area contributed by atoms with E-state index in [1.54, 1.807) is 19.1 Å². The van der Waals surface area contributed by atoms with Crippen LogP contribution >= 0.6 is 0 Å². The lowest BCUT2D eigenvalue weighted by Gasteiger charge is -2.23. The van der Waals surface area contributed by atoms with Crippen LogP contribution in [0.3, 0.4) is 0 Å². The summed E-state index contributed by atoms with van der Waals surface area (Å²) in [5, 5.41) is 3.12. The minimum atomic E-state index is -0.00682. The average Bonchev–Trinajstić information content (AvgIpc) is 2.89. The molecule has 0 saturated carbocycles. The molecule has 116 valence electrons. The number of carbonyl (C=O) groups excluding carboxylic acids is 1. The maximum absolute atomic E-state index is 12.2. The zero-order valence-electron chi connectivity index (χ0n) is 13.2. The summed E-state index contributed by atoms with van der Waals surface area (Å²) >= 11 is 0. The molecular formula is C16H24N2O3. The van der Waals surface area contributed by atoms with Gasteiger partial charge in [-0.25, -0.2) is 4.79 Å². The van der Waals surface area contributed by atoms with Gasteiger partial charge in [0.1, 0.15) is 0 Å². The van der Waals surface area contributed by atoms with E-state index in [1.165, 1.54) is 5.56 Å². The van der Waals surface area contributed by atoms with E-state index in [2.05, 4.69) is 5.32 Å².